The van der Waals surface area contributed by atoms with Crippen molar-refractivity contribution in [2.24, 2.45) is 0 Å². The normalized spacial score (nSPS) is 10.2. The minimum Gasteiger partial charge on any atom is -0.348 e. The van der Waals surface area contributed by atoms with Crippen LogP contribution in [0.15, 0.2) is 29.1 Å². The summed E-state index contributed by atoms with van der Waals surface area (Å²) in [5.74, 6) is -0.200. The van der Waals surface area contributed by atoms with E-state index >= 15 is 0 Å². The van der Waals surface area contributed by atoms with Gasteiger partial charge in [-0.1, -0.05) is 11.6 Å². The highest BCUT2D eigenvalue weighted by Gasteiger charge is 2.10. The molecular weight excluding hydrogens is 256 g/mol. The van der Waals surface area contributed by atoms with Crippen LogP contribution in [0.5, 0.6) is 0 Å². The first-order valence-electron chi connectivity index (χ1n) is 5.09. The lowest BCUT2D eigenvalue weighted by atomic mass is 10.2. The van der Waals surface area contributed by atoms with E-state index in [1.54, 1.807) is 29.7 Å². The fraction of sp³-hybridized carbons (Fsp3) is 0.167. The smallest absolute Gasteiger partial charge is 0.254 e. The van der Waals surface area contributed by atoms with Gasteiger partial charge in [0, 0.05) is 12.7 Å². The Morgan fingerprint density at radius 3 is 3.00 bits per heavy atom. The fourth-order valence-electron chi connectivity index (χ4n) is 1.39. The standard InChI is InChI=1S/C12H11ClN2OS/c1-8-6-17-7-9(8)5-15-12(16)10-3-2-4-14-11(10)13/h2-4,6-7H,5H2,1H3,(H,15,16). The zero-order valence-electron chi connectivity index (χ0n) is 9.24. The van der Waals surface area contributed by atoms with Crippen LogP contribution >= 0.6 is 22.9 Å². The van der Waals surface area contributed by atoms with Crippen molar-refractivity contribution in [1.29, 1.82) is 0 Å². The molecule has 0 aliphatic rings. The molecule has 1 amide bonds. The Hall–Kier alpha value is -1.39. The Labute approximate surface area is 108 Å². The number of thiophene rings is 1. The maximum atomic E-state index is 11.8. The van der Waals surface area contributed by atoms with Crippen LogP contribution in [0.4, 0.5) is 0 Å². The number of halogens is 1. The number of rotatable bonds is 3. The number of nitrogens with one attached hydrogen (secondary N) is 1. The van der Waals surface area contributed by atoms with Crippen LogP contribution in [0.2, 0.25) is 5.15 Å². The second-order valence-corrected chi connectivity index (χ2v) is 4.71. The second-order valence-electron chi connectivity index (χ2n) is 3.60. The fourth-order valence-corrected chi connectivity index (χ4v) is 2.46. The van der Waals surface area contributed by atoms with E-state index in [2.05, 4.69) is 15.7 Å². The Morgan fingerprint density at radius 1 is 1.53 bits per heavy atom. The van der Waals surface area contributed by atoms with Crippen LogP contribution in [-0.4, -0.2) is 10.9 Å². The summed E-state index contributed by atoms with van der Waals surface area (Å²) >= 11 is 7.47. The molecular formula is C12H11ClN2OS. The molecule has 5 heteroatoms. The third-order valence-corrected chi connectivity index (χ3v) is 3.62. The molecule has 2 heterocycles. The highest BCUT2D eigenvalue weighted by molar-refractivity contribution is 7.08. The summed E-state index contributed by atoms with van der Waals surface area (Å²) in [6, 6.07) is 3.35. The second kappa shape index (κ2) is 5.29. The van der Waals surface area contributed by atoms with Gasteiger partial charge in [0.05, 0.1) is 5.56 Å². The van der Waals surface area contributed by atoms with Gasteiger partial charge in [0.15, 0.2) is 0 Å². The van der Waals surface area contributed by atoms with Crippen molar-refractivity contribution in [2.75, 3.05) is 0 Å². The summed E-state index contributed by atoms with van der Waals surface area (Å²) in [7, 11) is 0. The summed E-state index contributed by atoms with van der Waals surface area (Å²) in [6.45, 7) is 2.54. The molecule has 0 aromatic carbocycles. The number of hydrogen-bond acceptors (Lipinski definition) is 3. The molecule has 0 saturated carbocycles. The van der Waals surface area contributed by atoms with Crippen molar-refractivity contribution < 1.29 is 4.79 Å². The van der Waals surface area contributed by atoms with Crippen LogP contribution in [0.3, 0.4) is 0 Å². The van der Waals surface area contributed by atoms with Crippen molar-refractivity contribution in [3.8, 4) is 0 Å². The molecule has 0 aliphatic heterocycles. The van der Waals surface area contributed by atoms with Crippen molar-refractivity contribution in [1.82, 2.24) is 10.3 Å². The summed E-state index contributed by atoms with van der Waals surface area (Å²) < 4.78 is 0. The topological polar surface area (TPSA) is 42.0 Å². The van der Waals surface area contributed by atoms with Crippen LogP contribution < -0.4 is 5.32 Å². The van der Waals surface area contributed by atoms with Crippen LogP contribution in [0.1, 0.15) is 21.5 Å². The monoisotopic (exact) mass is 266 g/mol. The molecule has 0 aliphatic carbocycles. The molecule has 2 aromatic heterocycles. The van der Waals surface area contributed by atoms with Gasteiger partial charge in [-0.05, 0) is 40.9 Å². The number of aromatic nitrogens is 1. The molecule has 0 unspecified atom stereocenters. The Morgan fingerprint density at radius 2 is 2.35 bits per heavy atom. The minimum absolute atomic E-state index is 0.200. The molecule has 1 N–H and O–H groups in total. The van der Waals surface area contributed by atoms with E-state index in [1.165, 1.54) is 5.56 Å². The minimum atomic E-state index is -0.200. The van der Waals surface area contributed by atoms with E-state index in [0.717, 1.165) is 5.56 Å². The number of carbonyl (C=O) groups is 1. The zero-order valence-corrected chi connectivity index (χ0v) is 10.8. The Balaban J connectivity index is 2.04. The predicted octanol–water partition coefficient (Wildman–Crippen LogP) is 3.03. The number of pyridine rings is 1. The van der Waals surface area contributed by atoms with Gasteiger partial charge in [0.1, 0.15) is 5.15 Å². The third-order valence-electron chi connectivity index (χ3n) is 2.40. The highest BCUT2D eigenvalue weighted by atomic mass is 35.5. The van der Waals surface area contributed by atoms with Gasteiger partial charge in [0.2, 0.25) is 0 Å². The largest absolute Gasteiger partial charge is 0.348 e. The van der Waals surface area contributed by atoms with Crippen molar-refractivity contribution in [3.63, 3.8) is 0 Å². The lowest BCUT2D eigenvalue weighted by Crippen LogP contribution is -2.23. The van der Waals surface area contributed by atoms with E-state index in [4.69, 9.17) is 11.6 Å². The van der Waals surface area contributed by atoms with Gasteiger partial charge in [-0.15, -0.1) is 0 Å². The predicted molar refractivity (Wildman–Crippen MR) is 69.5 cm³/mol. The zero-order chi connectivity index (χ0) is 12.3. The van der Waals surface area contributed by atoms with Crippen LogP contribution in [0, 0.1) is 6.92 Å². The molecule has 0 radical (unpaired) electrons. The molecule has 2 aromatic rings. The maximum Gasteiger partial charge on any atom is 0.254 e. The first-order chi connectivity index (χ1) is 8.18. The SMILES string of the molecule is Cc1cscc1CNC(=O)c1cccnc1Cl. The highest BCUT2D eigenvalue weighted by Crippen LogP contribution is 2.14. The first kappa shape index (κ1) is 12.1. The van der Waals surface area contributed by atoms with Crippen molar-refractivity contribution in [3.05, 3.63) is 50.9 Å². The average molecular weight is 267 g/mol. The molecule has 2 rings (SSSR count). The lowest BCUT2D eigenvalue weighted by Gasteiger charge is -2.05. The summed E-state index contributed by atoms with van der Waals surface area (Å²) in [6.07, 6.45) is 1.56. The van der Waals surface area contributed by atoms with Gasteiger partial charge < -0.3 is 5.32 Å². The van der Waals surface area contributed by atoms with E-state index in [9.17, 15) is 4.79 Å². The number of aryl methyl sites for hydroxylation is 1. The van der Waals surface area contributed by atoms with E-state index < -0.39 is 0 Å². The molecule has 3 nitrogen and oxygen atoms in total. The molecule has 0 fully saturated rings. The molecule has 0 atom stereocenters. The number of hydrogen-bond donors (Lipinski definition) is 1. The Bertz CT molecular complexity index is 539. The van der Waals surface area contributed by atoms with Gasteiger partial charge in [0.25, 0.3) is 5.91 Å². The van der Waals surface area contributed by atoms with Crippen LogP contribution in [-0.2, 0) is 6.54 Å². The maximum absolute atomic E-state index is 11.8. The van der Waals surface area contributed by atoms with Gasteiger partial charge in [-0.2, -0.15) is 11.3 Å². The van der Waals surface area contributed by atoms with Gasteiger partial charge >= 0.3 is 0 Å². The first-order valence-corrected chi connectivity index (χ1v) is 6.41. The van der Waals surface area contributed by atoms with Crippen molar-refractivity contribution in [2.45, 2.75) is 13.5 Å². The molecule has 0 bridgehead atoms. The number of amides is 1. The molecule has 88 valence electrons. The summed E-state index contributed by atoms with van der Waals surface area (Å²) in [5, 5.41) is 7.14. The third kappa shape index (κ3) is 2.84. The quantitative estimate of drug-likeness (QED) is 0.868. The number of nitrogens with zero attached hydrogens (tertiary/aromatic N) is 1. The summed E-state index contributed by atoms with van der Waals surface area (Å²) in [5.41, 5.74) is 2.72. The van der Waals surface area contributed by atoms with E-state index in [1.807, 2.05) is 12.3 Å². The Kier molecular flexibility index (Phi) is 3.76. The number of carbonyl (C=O) groups excluding carboxylic acids is 1. The average Bonchev–Trinajstić information content (AvgIpc) is 2.72. The molecule has 0 saturated heterocycles. The van der Waals surface area contributed by atoms with E-state index in [0.29, 0.717) is 12.1 Å². The van der Waals surface area contributed by atoms with E-state index in [-0.39, 0.29) is 11.1 Å². The van der Waals surface area contributed by atoms with Gasteiger partial charge in [-0.25, -0.2) is 4.98 Å². The lowest BCUT2D eigenvalue weighted by molar-refractivity contribution is 0.0950. The van der Waals surface area contributed by atoms with Crippen molar-refractivity contribution >= 4 is 28.8 Å². The van der Waals surface area contributed by atoms with Gasteiger partial charge in [-0.3, -0.25) is 4.79 Å². The van der Waals surface area contributed by atoms with Crippen LogP contribution in [0.25, 0.3) is 0 Å². The molecule has 0 spiro atoms. The summed E-state index contributed by atoms with van der Waals surface area (Å²) in [4.78, 5) is 15.7. The molecule has 17 heavy (non-hydrogen) atoms.